The van der Waals surface area contributed by atoms with Gasteiger partial charge in [-0.05, 0) is 85.4 Å². The molecule has 0 amide bonds. The highest BCUT2D eigenvalue weighted by atomic mass is 16.7. The van der Waals surface area contributed by atoms with Crippen LogP contribution in [-0.2, 0) is 18.9 Å². The molecule has 2 aliphatic heterocycles. The van der Waals surface area contributed by atoms with Crippen LogP contribution in [0.15, 0.2) is 0 Å². The fraction of sp³-hybridized carbons (Fsp3) is 1.00. The molecule has 10 N–H and O–H groups in total. The topological polar surface area (TPSA) is 239 Å². The molecule has 14 heteroatoms. The highest BCUT2D eigenvalue weighted by molar-refractivity contribution is 5.21. The zero-order valence-electron chi connectivity index (χ0n) is 32.1. The lowest BCUT2D eigenvalue weighted by atomic mass is 9.41. The lowest BCUT2D eigenvalue weighted by molar-refractivity contribution is -0.343. The van der Waals surface area contributed by atoms with Gasteiger partial charge < -0.3 is 70.0 Å². The predicted octanol–water partition coefficient (Wildman–Crippen LogP) is 0.0310. The molecule has 4 saturated carbocycles. The second kappa shape index (κ2) is 16.0. The number of hydrogen-bond acceptors (Lipinski definition) is 14. The number of ether oxygens (including phenoxy) is 4. The summed E-state index contributed by atoms with van der Waals surface area (Å²) in [6, 6.07) is 0. The molecule has 0 aromatic carbocycles. The van der Waals surface area contributed by atoms with E-state index < -0.39 is 96.5 Å². The van der Waals surface area contributed by atoms with Crippen LogP contribution in [0.3, 0.4) is 0 Å². The van der Waals surface area contributed by atoms with Gasteiger partial charge in [0.25, 0.3) is 0 Å². The van der Waals surface area contributed by atoms with E-state index >= 15 is 0 Å². The van der Waals surface area contributed by atoms with Crippen molar-refractivity contribution in [1.82, 2.24) is 0 Å². The molecular weight excluding hydrogens is 692 g/mol. The summed E-state index contributed by atoms with van der Waals surface area (Å²) >= 11 is 0. The summed E-state index contributed by atoms with van der Waals surface area (Å²) < 4.78 is 22.9. The van der Waals surface area contributed by atoms with Gasteiger partial charge in [-0.2, -0.15) is 0 Å². The zero-order chi connectivity index (χ0) is 38.8. The molecule has 0 spiro atoms. The van der Waals surface area contributed by atoms with Crippen LogP contribution in [0.5, 0.6) is 0 Å². The van der Waals surface area contributed by atoms with E-state index in [1.54, 1.807) is 0 Å². The molecule has 21 atom stereocenters. The lowest BCUT2D eigenvalue weighted by Crippen LogP contribution is -2.70. The zero-order valence-corrected chi connectivity index (χ0v) is 32.1. The fourth-order valence-corrected chi connectivity index (χ4v) is 12.4. The van der Waals surface area contributed by atoms with Gasteiger partial charge in [0.05, 0.1) is 49.8 Å². The van der Waals surface area contributed by atoms with Crippen LogP contribution in [0.2, 0.25) is 0 Å². The summed E-state index contributed by atoms with van der Waals surface area (Å²) in [4.78, 5) is 0. The van der Waals surface area contributed by atoms with E-state index in [2.05, 4.69) is 34.6 Å². The van der Waals surface area contributed by atoms with Gasteiger partial charge in [-0.3, -0.25) is 0 Å². The maximum Gasteiger partial charge on any atom is 0.186 e. The van der Waals surface area contributed by atoms with Gasteiger partial charge in [0.15, 0.2) is 12.6 Å². The monoisotopic (exact) mass is 760 g/mol. The lowest BCUT2D eigenvalue weighted by Gasteiger charge is -2.66. The van der Waals surface area contributed by atoms with E-state index in [0.717, 1.165) is 25.7 Å². The van der Waals surface area contributed by atoms with Gasteiger partial charge in [-0.25, -0.2) is 0 Å². The summed E-state index contributed by atoms with van der Waals surface area (Å²) in [5.74, 6) is -0.113. The second-order valence-corrected chi connectivity index (χ2v) is 18.7. The largest absolute Gasteiger partial charge is 0.393 e. The Morgan fingerprint density at radius 3 is 2.00 bits per heavy atom. The van der Waals surface area contributed by atoms with Crippen molar-refractivity contribution in [1.29, 1.82) is 0 Å². The van der Waals surface area contributed by atoms with Crippen molar-refractivity contribution in [2.45, 2.75) is 172 Å². The fourth-order valence-electron chi connectivity index (χ4n) is 12.4. The molecule has 14 nitrogen and oxygen atoms in total. The molecule has 0 aromatic rings. The Labute approximate surface area is 313 Å². The van der Waals surface area contributed by atoms with Gasteiger partial charge in [-0.15, -0.1) is 0 Å². The highest BCUT2D eigenvalue weighted by Crippen LogP contribution is 2.70. The Hall–Kier alpha value is -0.560. The van der Waals surface area contributed by atoms with Gasteiger partial charge in [0.2, 0.25) is 0 Å². The third kappa shape index (κ3) is 7.50. The van der Waals surface area contributed by atoms with E-state index in [9.17, 15) is 51.1 Å². The van der Waals surface area contributed by atoms with Gasteiger partial charge in [0.1, 0.15) is 36.6 Å². The minimum Gasteiger partial charge on any atom is -0.393 e. The summed E-state index contributed by atoms with van der Waals surface area (Å²) in [5, 5.41) is 108. The van der Waals surface area contributed by atoms with Crippen molar-refractivity contribution in [3.63, 3.8) is 0 Å². The van der Waals surface area contributed by atoms with Crippen LogP contribution in [-0.4, -0.2) is 150 Å². The third-order valence-corrected chi connectivity index (χ3v) is 15.4. The first-order valence-electron chi connectivity index (χ1n) is 20.2. The molecule has 0 bridgehead atoms. The van der Waals surface area contributed by atoms with Crippen molar-refractivity contribution in [3.05, 3.63) is 0 Å². The standard InChI is InChI=1S/C39H68O14/c1-18(2)20(10-13-50-36-33(31(47)26(44)17-52-36)53-35-32(48)30(46)25(43)16-51-35)7-6-19(3)21-14-23(41)34-37(21,4)12-9-27-38(5)11-8-22(40)29(45)28(38)24(42)15-39(27,34)49/h18-36,40-49H,6-17H2,1-5H3/t19?,20-,21-,22+,23-,24+,25?,26?,27?,28?,29+,30?,31?,32?,33?,34?,35?,36?,37-,38-,39+/m1/s1. The van der Waals surface area contributed by atoms with Crippen molar-refractivity contribution in [2.75, 3.05) is 19.8 Å². The van der Waals surface area contributed by atoms with Crippen LogP contribution >= 0.6 is 0 Å². The SMILES string of the molecule is CC(C)[C@@H](CCOC1OCC(O)C(O)C1OC1OCC(O)C(O)C1O)CCC(C)[C@H]1C[C@@H](O)C2[C@]3(O)C[C@H](O)C4[C@@H](O)[C@@H](O)CC[C@]4(C)C3CC[C@@]21C. The first kappa shape index (κ1) is 42.1. The van der Waals surface area contributed by atoms with Gasteiger partial charge in [-0.1, -0.05) is 41.0 Å². The van der Waals surface area contributed by atoms with Gasteiger partial charge >= 0.3 is 0 Å². The van der Waals surface area contributed by atoms with Crippen molar-refractivity contribution < 1.29 is 70.0 Å². The van der Waals surface area contributed by atoms with E-state index in [4.69, 9.17) is 18.9 Å². The molecule has 6 aliphatic rings. The first-order valence-corrected chi connectivity index (χ1v) is 20.2. The molecule has 12 unspecified atom stereocenters. The summed E-state index contributed by atoms with van der Waals surface area (Å²) in [7, 11) is 0. The Kier molecular flexibility index (Phi) is 12.7. The molecule has 0 radical (unpaired) electrons. The Bertz CT molecular complexity index is 1230. The van der Waals surface area contributed by atoms with E-state index in [0.29, 0.717) is 31.6 Å². The molecule has 2 heterocycles. The molecule has 308 valence electrons. The summed E-state index contributed by atoms with van der Waals surface area (Å²) in [5.41, 5.74) is -2.16. The molecule has 53 heavy (non-hydrogen) atoms. The maximum atomic E-state index is 12.6. The van der Waals surface area contributed by atoms with Crippen molar-refractivity contribution >= 4 is 0 Å². The van der Waals surface area contributed by atoms with Crippen LogP contribution in [0.25, 0.3) is 0 Å². The Morgan fingerprint density at radius 1 is 0.679 bits per heavy atom. The highest BCUT2D eigenvalue weighted by Gasteiger charge is 2.71. The number of hydrogen-bond donors (Lipinski definition) is 10. The van der Waals surface area contributed by atoms with E-state index in [1.807, 2.05) is 0 Å². The molecule has 4 aliphatic carbocycles. The minimum atomic E-state index is -1.58. The average molecular weight is 761 g/mol. The molecular formula is C39H68O14. The minimum absolute atomic E-state index is 0.0848. The number of aliphatic hydroxyl groups excluding tert-OH is 9. The van der Waals surface area contributed by atoms with E-state index in [1.165, 1.54) is 0 Å². The van der Waals surface area contributed by atoms with Crippen LogP contribution in [0.1, 0.15) is 92.4 Å². The van der Waals surface area contributed by atoms with Crippen LogP contribution < -0.4 is 0 Å². The number of fused-ring (bicyclic) bond motifs is 5. The van der Waals surface area contributed by atoms with Crippen molar-refractivity contribution in [2.24, 2.45) is 52.3 Å². The van der Waals surface area contributed by atoms with E-state index in [-0.39, 0.29) is 55.3 Å². The Morgan fingerprint density at radius 2 is 1.32 bits per heavy atom. The average Bonchev–Trinajstić information content (AvgIpc) is 3.37. The first-order chi connectivity index (χ1) is 24.8. The molecule has 2 saturated heterocycles. The smallest absolute Gasteiger partial charge is 0.186 e. The van der Waals surface area contributed by atoms with Crippen molar-refractivity contribution in [3.8, 4) is 0 Å². The normalized spacial score (nSPS) is 52.8. The third-order valence-electron chi connectivity index (χ3n) is 15.4. The number of rotatable bonds is 11. The molecule has 6 rings (SSSR count). The predicted molar refractivity (Wildman–Crippen MR) is 189 cm³/mol. The maximum absolute atomic E-state index is 12.6. The molecule has 6 fully saturated rings. The summed E-state index contributed by atoms with van der Waals surface area (Å²) in [6.07, 6.45) is -8.59. The van der Waals surface area contributed by atoms with Gasteiger partial charge in [0, 0.05) is 18.3 Å². The second-order valence-electron chi connectivity index (χ2n) is 18.7. The van der Waals surface area contributed by atoms with Crippen LogP contribution in [0.4, 0.5) is 0 Å². The Balaban J connectivity index is 1.07. The quantitative estimate of drug-likeness (QED) is 0.134. The number of aliphatic hydroxyl groups is 10. The summed E-state index contributed by atoms with van der Waals surface area (Å²) in [6.45, 7) is 10.6. The molecule has 0 aromatic heterocycles. The van der Waals surface area contributed by atoms with Crippen LogP contribution in [0, 0.1) is 52.3 Å².